The summed E-state index contributed by atoms with van der Waals surface area (Å²) in [5.74, 6) is -0.478. The van der Waals surface area contributed by atoms with Gasteiger partial charge in [0.2, 0.25) is 5.95 Å². The van der Waals surface area contributed by atoms with Crippen molar-refractivity contribution in [3.8, 4) is 0 Å². The highest BCUT2D eigenvalue weighted by atomic mass is 19.1. The molecule has 0 spiro atoms. The average molecular weight is 419 g/mol. The molecule has 30 heavy (non-hydrogen) atoms. The van der Waals surface area contributed by atoms with Crippen molar-refractivity contribution in [3.05, 3.63) is 46.4 Å². The predicted molar refractivity (Wildman–Crippen MR) is 114 cm³/mol. The first-order valence-corrected chi connectivity index (χ1v) is 10.3. The van der Waals surface area contributed by atoms with E-state index in [0.717, 1.165) is 24.3 Å². The molecule has 8 heteroatoms. The van der Waals surface area contributed by atoms with Gasteiger partial charge in [0.25, 0.3) is 0 Å². The Morgan fingerprint density at radius 3 is 2.63 bits per heavy atom. The van der Waals surface area contributed by atoms with Gasteiger partial charge < -0.3 is 10.5 Å². The Morgan fingerprint density at radius 2 is 2.03 bits per heavy atom. The lowest BCUT2D eigenvalue weighted by Gasteiger charge is -2.28. The van der Waals surface area contributed by atoms with Crippen LogP contribution in [0.1, 0.15) is 62.4 Å². The van der Waals surface area contributed by atoms with Crippen LogP contribution in [0.2, 0.25) is 0 Å². The summed E-state index contributed by atoms with van der Waals surface area (Å²) in [5, 5.41) is 12.0. The fourth-order valence-electron chi connectivity index (χ4n) is 3.42. The number of aromatic nitrogens is 2. The number of hydrogen-bond donors (Lipinski definition) is 2. The third kappa shape index (κ3) is 5.89. The molecule has 0 fully saturated rings. The lowest BCUT2D eigenvalue weighted by Crippen LogP contribution is -2.33. The van der Waals surface area contributed by atoms with Gasteiger partial charge in [-0.15, -0.1) is 0 Å². The van der Waals surface area contributed by atoms with E-state index in [0.29, 0.717) is 28.2 Å². The Morgan fingerprint density at radius 1 is 1.30 bits per heavy atom. The number of anilines is 2. The van der Waals surface area contributed by atoms with Crippen molar-refractivity contribution in [2.24, 2.45) is 0 Å². The first-order valence-electron chi connectivity index (χ1n) is 10.3. The molecule has 3 N–H and O–H groups in total. The van der Waals surface area contributed by atoms with Gasteiger partial charge in [-0.25, -0.2) is 14.4 Å². The summed E-state index contributed by atoms with van der Waals surface area (Å²) in [6.07, 6.45) is 2.61. The maximum atomic E-state index is 14.8. The maximum absolute atomic E-state index is 14.8. The molecule has 1 atom stereocenters. The molecule has 0 radical (unpaired) electrons. The number of rotatable bonds is 10. The molecular formula is C22H31FN4O3. The van der Waals surface area contributed by atoms with Crippen LogP contribution in [0.4, 0.5) is 16.2 Å². The summed E-state index contributed by atoms with van der Waals surface area (Å²) in [5.41, 5.74) is 7.96. The Kier molecular flexibility index (Phi) is 8.53. The van der Waals surface area contributed by atoms with E-state index in [1.807, 2.05) is 13.8 Å². The molecular weight excluding hydrogens is 387 g/mol. The maximum Gasteiger partial charge on any atom is 0.310 e. The van der Waals surface area contributed by atoms with Gasteiger partial charge in [-0.3, -0.25) is 10.0 Å². The van der Waals surface area contributed by atoms with E-state index in [1.165, 1.54) is 6.07 Å². The van der Waals surface area contributed by atoms with Crippen molar-refractivity contribution in [2.45, 2.75) is 65.8 Å². The molecule has 2 aromatic rings. The summed E-state index contributed by atoms with van der Waals surface area (Å²) in [7, 11) is 0. The minimum absolute atomic E-state index is 0.0138. The Balaban J connectivity index is 2.35. The molecule has 0 aliphatic rings. The normalized spacial score (nSPS) is 11.9. The number of benzene rings is 1. The molecule has 2 rings (SSSR count). The van der Waals surface area contributed by atoms with Crippen LogP contribution in [0.5, 0.6) is 0 Å². The van der Waals surface area contributed by atoms with Gasteiger partial charge in [-0.05, 0) is 43.9 Å². The van der Waals surface area contributed by atoms with Crippen molar-refractivity contribution in [1.29, 1.82) is 0 Å². The largest absolute Gasteiger partial charge is 0.466 e. The third-order valence-corrected chi connectivity index (χ3v) is 5.00. The average Bonchev–Trinajstić information content (AvgIpc) is 2.69. The van der Waals surface area contributed by atoms with Crippen LogP contribution >= 0.6 is 0 Å². The summed E-state index contributed by atoms with van der Waals surface area (Å²) in [6, 6.07) is 4.54. The summed E-state index contributed by atoms with van der Waals surface area (Å²) < 4.78 is 19.7. The van der Waals surface area contributed by atoms with Crippen LogP contribution in [0.15, 0.2) is 18.2 Å². The van der Waals surface area contributed by atoms with Gasteiger partial charge in [0, 0.05) is 17.7 Å². The predicted octanol–water partition coefficient (Wildman–Crippen LogP) is 3.98. The van der Waals surface area contributed by atoms with Crippen molar-refractivity contribution in [3.63, 3.8) is 0 Å². The smallest absolute Gasteiger partial charge is 0.310 e. The molecule has 0 amide bonds. The summed E-state index contributed by atoms with van der Waals surface area (Å²) in [4.78, 5) is 20.1. The molecule has 7 nitrogen and oxygen atoms in total. The van der Waals surface area contributed by atoms with Crippen molar-refractivity contribution >= 4 is 17.7 Å². The number of halogens is 1. The standard InChI is InChI=1S/C22H31FN4O3/c1-5-8-17(6-2)27(29)21-18(14(4)25-22(24)26-21)13-16-10-9-15(11-19(16)23)12-20(28)30-7-3/h9-11,17,29H,5-8,12-13H2,1-4H3,(H2,24,25,26). The van der Waals surface area contributed by atoms with Crippen LogP contribution in [0, 0.1) is 12.7 Å². The third-order valence-electron chi connectivity index (χ3n) is 5.00. The van der Waals surface area contributed by atoms with Gasteiger partial charge in [0.1, 0.15) is 5.82 Å². The number of ether oxygens (including phenoxy) is 1. The molecule has 1 aromatic heterocycles. The molecule has 164 valence electrons. The first-order chi connectivity index (χ1) is 14.3. The van der Waals surface area contributed by atoms with Gasteiger partial charge in [0.15, 0.2) is 5.82 Å². The molecule has 0 saturated carbocycles. The SMILES string of the molecule is CCCC(CC)N(O)c1nc(N)nc(C)c1Cc1ccc(CC(=O)OCC)cc1F. The van der Waals surface area contributed by atoms with Gasteiger partial charge in [0.05, 0.1) is 19.1 Å². The monoisotopic (exact) mass is 418 g/mol. The zero-order valence-electron chi connectivity index (χ0n) is 18.1. The second-order valence-electron chi connectivity index (χ2n) is 7.25. The van der Waals surface area contributed by atoms with E-state index in [-0.39, 0.29) is 31.4 Å². The fraction of sp³-hybridized carbons (Fsp3) is 0.500. The number of hydrogen-bond acceptors (Lipinski definition) is 7. The fourth-order valence-corrected chi connectivity index (χ4v) is 3.42. The number of carbonyl (C=O) groups excluding carboxylic acids is 1. The molecule has 1 unspecified atom stereocenters. The zero-order valence-corrected chi connectivity index (χ0v) is 18.1. The van der Waals surface area contributed by atoms with E-state index in [1.54, 1.807) is 26.0 Å². The summed E-state index contributed by atoms with van der Waals surface area (Å²) in [6.45, 7) is 7.81. The van der Waals surface area contributed by atoms with E-state index in [4.69, 9.17) is 10.5 Å². The van der Waals surface area contributed by atoms with Gasteiger partial charge in [-0.2, -0.15) is 4.98 Å². The lowest BCUT2D eigenvalue weighted by molar-refractivity contribution is -0.142. The number of carbonyl (C=O) groups is 1. The molecule has 0 aliphatic heterocycles. The van der Waals surface area contributed by atoms with Crippen LogP contribution in [0.25, 0.3) is 0 Å². The highest BCUT2D eigenvalue weighted by molar-refractivity contribution is 5.72. The quantitative estimate of drug-likeness (QED) is 0.444. The number of aryl methyl sites for hydroxylation is 1. The highest BCUT2D eigenvalue weighted by Crippen LogP contribution is 2.28. The molecule has 0 aliphatic carbocycles. The lowest BCUT2D eigenvalue weighted by atomic mass is 10.0. The zero-order chi connectivity index (χ0) is 22.3. The van der Waals surface area contributed by atoms with E-state index in [9.17, 15) is 14.4 Å². The summed E-state index contributed by atoms with van der Waals surface area (Å²) >= 11 is 0. The van der Waals surface area contributed by atoms with Crippen molar-refractivity contribution in [1.82, 2.24) is 9.97 Å². The van der Waals surface area contributed by atoms with Crippen molar-refractivity contribution < 1.29 is 19.1 Å². The number of nitrogens with zero attached hydrogens (tertiary/aromatic N) is 3. The number of esters is 1. The van der Waals surface area contributed by atoms with Gasteiger partial charge in [-0.1, -0.05) is 32.4 Å². The Bertz CT molecular complexity index is 876. The molecule has 1 heterocycles. The van der Waals surface area contributed by atoms with E-state index in [2.05, 4.69) is 9.97 Å². The minimum atomic E-state index is -0.441. The second-order valence-corrected chi connectivity index (χ2v) is 7.25. The number of hydroxylamine groups is 1. The van der Waals surface area contributed by atoms with Crippen molar-refractivity contribution in [2.75, 3.05) is 17.4 Å². The number of nitrogens with two attached hydrogens (primary N) is 1. The second kappa shape index (κ2) is 10.9. The Labute approximate surface area is 177 Å². The highest BCUT2D eigenvalue weighted by Gasteiger charge is 2.23. The van der Waals surface area contributed by atoms with Crippen LogP contribution in [-0.4, -0.2) is 33.8 Å². The van der Waals surface area contributed by atoms with Crippen LogP contribution in [0.3, 0.4) is 0 Å². The first kappa shape index (κ1) is 23.5. The molecule has 0 bridgehead atoms. The topological polar surface area (TPSA) is 102 Å². The van der Waals surface area contributed by atoms with E-state index < -0.39 is 11.8 Å². The van der Waals surface area contributed by atoms with Crippen LogP contribution in [-0.2, 0) is 22.4 Å². The Hall–Kier alpha value is -2.74. The minimum Gasteiger partial charge on any atom is -0.466 e. The van der Waals surface area contributed by atoms with Gasteiger partial charge >= 0.3 is 5.97 Å². The molecule has 1 aromatic carbocycles. The number of nitrogen functional groups attached to an aromatic ring is 1. The van der Waals surface area contributed by atoms with Crippen LogP contribution < -0.4 is 10.8 Å². The molecule has 0 saturated heterocycles. The van der Waals surface area contributed by atoms with E-state index >= 15 is 0 Å².